The molecule has 0 spiro atoms. The van der Waals surface area contributed by atoms with Gasteiger partial charge in [0, 0.05) is 30.1 Å². The van der Waals surface area contributed by atoms with Crippen LogP contribution in [-0.4, -0.2) is 48.3 Å². The summed E-state index contributed by atoms with van der Waals surface area (Å²) in [5.41, 5.74) is 3.18. The second kappa shape index (κ2) is 10.6. The number of nitrogens with one attached hydrogen (secondary N) is 2. The molecule has 1 amide bonds. The number of aromatic amines is 1. The number of amides is 1. The summed E-state index contributed by atoms with van der Waals surface area (Å²) in [4.78, 5) is 29.3. The Morgan fingerprint density at radius 2 is 1.93 bits per heavy atom. The van der Waals surface area contributed by atoms with Crippen LogP contribution >= 0.6 is 0 Å². The standard InChI is InChI=1S/C21H30FN3O2/c1-7-25(8-2)10-9-23-21(27)20-16(5)19(24-17(20)6)12-18(13-26)14(3)11-15(4)22/h11-13,24H,3,7-10H2,1-2,4-6H3,(H,23,27)/b15-11+,18-12+. The van der Waals surface area contributed by atoms with Crippen molar-refractivity contribution >= 4 is 18.3 Å². The highest BCUT2D eigenvalue weighted by Crippen LogP contribution is 2.22. The van der Waals surface area contributed by atoms with E-state index in [0.717, 1.165) is 25.2 Å². The van der Waals surface area contributed by atoms with Gasteiger partial charge in [-0.2, -0.15) is 0 Å². The lowest BCUT2D eigenvalue weighted by atomic mass is 10.0. The second-order valence-corrected chi connectivity index (χ2v) is 6.42. The van der Waals surface area contributed by atoms with Crippen molar-refractivity contribution in [3.8, 4) is 0 Å². The summed E-state index contributed by atoms with van der Waals surface area (Å²) in [6, 6.07) is 0. The van der Waals surface area contributed by atoms with Gasteiger partial charge in [0.05, 0.1) is 11.4 Å². The molecule has 0 aliphatic heterocycles. The van der Waals surface area contributed by atoms with Crippen molar-refractivity contribution in [3.05, 3.63) is 52.1 Å². The SMILES string of the molecule is C=C(/C=C(\C)F)/C(C=O)=C/c1[nH]c(C)c(C(=O)NCCN(CC)CC)c1C. The third-order valence-corrected chi connectivity index (χ3v) is 4.48. The minimum absolute atomic E-state index is 0.154. The highest BCUT2D eigenvalue weighted by atomic mass is 19.1. The molecule has 0 atom stereocenters. The Kier molecular flexibility index (Phi) is 8.88. The largest absolute Gasteiger partial charge is 0.358 e. The molecule has 0 bridgehead atoms. The smallest absolute Gasteiger partial charge is 0.253 e. The van der Waals surface area contributed by atoms with Crippen LogP contribution in [0, 0.1) is 13.8 Å². The van der Waals surface area contributed by atoms with Crippen LogP contribution in [0.2, 0.25) is 0 Å². The zero-order valence-electron chi connectivity index (χ0n) is 16.9. The molecule has 148 valence electrons. The molecule has 1 rings (SSSR count). The molecular formula is C21H30FN3O2. The lowest BCUT2D eigenvalue weighted by molar-refractivity contribution is -0.104. The fourth-order valence-corrected chi connectivity index (χ4v) is 2.90. The van der Waals surface area contributed by atoms with Gasteiger partial charge in [-0.3, -0.25) is 9.59 Å². The minimum atomic E-state index is -0.430. The van der Waals surface area contributed by atoms with Crippen molar-refractivity contribution in [2.45, 2.75) is 34.6 Å². The van der Waals surface area contributed by atoms with Crippen molar-refractivity contribution in [1.82, 2.24) is 15.2 Å². The molecule has 0 saturated carbocycles. The molecule has 1 aromatic heterocycles. The topological polar surface area (TPSA) is 65.2 Å². The maximum atomic E-state index is 13.1. The highest BCUT2D eigenvalue weighted by molar-refractivity contribution is 5.98. The summed E-state index contributed by atoms with van der Waals surface area (Å²) in [6.07, 6.45) is 3.41. The van der Waals surface area contributed by atoms with Crippen LogP contribution in [0.4, 0.5) is 4.39 Å². The number of rotatable bonds is 10. The molecule has 0 saturated heterocycles. The van der Waals surface area contributed by atoms with Crippen molar-refractivity contribution < 1.29 is 14.0 Å². The average molecular weight is 375 g/mol. The number of hydrogen-bond acceptors (Lipinski definition) is 3. The first-order valence-corrected chi connectivity index (χ1v) is 9.14. The van der Waals surface area contributed by atoms with Crippen LogP contribution < -0.4 is 5.32 Å². The Bertz CT molecular complexity index is 752. The quantitative estimate of drug-likeness (QED) is 0.372. The third kappa shape index (κ3) is 6.32. The number of allylic oxidation sites excluding steroid dienone is 4. The van der Waals surface area contributed by atoms with Crippen LogP contribution in [0.15, 0.2) is 29.6 Å². The number of hydrogen-bond donors (Lipinski definition) is 2. The summed E-state index contributed by atoms with van der Waals surface area (Å²) in [5.74, 6) is -0.584. The third-order valence-electron chi connectivity index (χ3n) is 4.48. The molecule has 0 radical (unpaired) electrons. The number of carbonyl (C=O) groups excluding carboxylic acids is 2. The Balaban J connectivity index is 3.01. The van der Waals surface area contributed by atoms with Crippen LogP contribution in [0.1, 0.15) is 48.1 Å². The number of carbonyl (C=O) groups is 2. The van der Waals surface area contributed by atoms with Crippen LogP contribution in [-0.2, 0) is 4.79 Å². The molecule has 1 aromatic rings. The van der Waals surface area contributed by atoms with Crippen LogP contribution in [0.3, 0.4) is 0 Å². The molecule has 0 aliphatic carbocycles. The van der Waals surface area contributed by atoms with Crippen molar-refractivity contribution in [2.75, 3.05) is 26.2 Å². The first kappa shape index (κ1) is 22.6. The summed E-state index contributed by atoms with van der Waals surface area (Å²) in [6.45, 7) is 16.0. The van der Waals surface area contributed by atoms with Gasteiger partial charge in [0.2, 0.25) is 0 Å². The Morgan fingerprint density at radius 1 is 1.30 bits per heavy atom. The molecule has 5 nitrogen and oxygen atoms in total. The minimum Gasteiger partial charge on any atom is -0.358 e. The predicted molar refractivity (Wildman–Crippen MR) is 108 cm³/mol. The number of nitrogens with zero attached hydrogens (tertiary/aromatic N) is 1. The zero-order chi connectivity index (χ0) is 20.6. The lowest BCUT2D eigenvalue weighted by Gasteiger charge is -2.18. The van der Waals surface area contributed by atoms with Gasteiger partial charge in [-0.1, -0.05) is 20.4 Å². The van der Waals surface area contributed by atoms with E-state index < -0.39 is 5.83 Å². The number of aromatic nitrogens is 1. The molecule has 0 aromatic carbocycles. The van der Waals surface area contributed by atoms with E-state index in [0.29, 0.717) is 29.8 Å². The van der Waals surface area contributed by atoms with E-state index in [-0.39, 0.29) is 17.1 Å². The molecule has 0 unspecified atom stereocenters. The first-order chi connectivity index (χ1) is 12.7. The van der Waals surface area contributed by atoms with Crippen molar-refractivity contribution in [3.63, 3.8) is 0 Å². The lowest BCUT2D eigenvalue weighted by Crippen LogP contribution is -2.35. The average Bonchev–Trinajstić information content (AvgIpc) is 2.89. The number of halogens is 1. The maximum absolute atomic E-state index is 13.1. The number of aryl methyl sites for hydroxylation is 1. The number of aldehydes is 1. The van der Waals surface area contributed by atoms with E-state index in [1.807, 2.05) is 13.8 Å². The molecule has 6 heteroatoms. The summed E-state index contributed by atoms with van der Waals surface area (Å²) in [5, 5.41) is 2.94. The Labute approximate surface area is 161 Å². The summed E-state index contributed by atoms with van der Waals surface area (Å²) >= 11 is 0. The Hall–Kier alpha value is -2.47. The first-order valence-electron chi connectivity index (χ1n) is 9.14. The van der Waals surface area contributed by atoms with Gasteiger partial charge in [-0.25, -0.2) is 4.39 Å². The molecule has 1 heterocycles. The van der Waals surface area contributed by atoms with E-state index in [1.165, 1.54) is 13.0 Å². The summed E-state index contributed by atoms with van der Waals surface area (Å²) in [7, 11) is 0. The molecule has 0 fully saturated rings. The van der Waals surface area contributed by atoms with Crippen molar-refractivity contribution in [2.24, 2.45) is 0 Å². The molecule has 0 aliphatic rings. The van der Waals surface area contributed by atoms with Gasteiger partial charge < -0.3 is 15.2 Å². The van der Waals surface area contributed by atoms with E-state index in [9.17, 15) is 14.0 Å². The van der Waals surface area contributed by atoms with Crippen LogP contribution in [0.25, 0.3) is 6.08 Å². The van der Waals surface area contributed by atoms with Gasteiger partial charge in [0.25, 0.3) is 5.91 Å². The van der Waals surface area contributed by atoms with E-state index in [4.69, 9.17) is 0 Å². The van der Waals surface area contributed by atoms with Crippen molar-refractivity contribution in [1.29, 1.82) is 0 Å². The number of likely N-dealkylation sites (N-methyl/N-ethyl adjacent to an activating group) is 1. The van der Waals surface area contributed by atoms with Gasteiger partial charge >= 0.3 is 0 Å². The highest BCUT2D eigenvalue weighted by Gasteiger charge is 2.17. The molecule has 27 heavy (non-hydrogen) atoms. The van der Waals surface area contributed by atoms with Gasteiger partial charge in [0.15, 0.2) is 6.29 Å². The van der Waals surface area contributed by atoms with E-state index in [1.54, 1.807) is 6.08 Å². The van der Waals surface area contributed by atoms with Gasteiger partial charge in [-0.05, 0) is 57.1 Å². The second-order valence-electron chi connectivity index (χ2n) is 6.42. The van der Waals surface area contributed by atoms with E-state index >= 15 is 0 Å². The van der Waals surface area contributed by atoms with Gasteiger partial charge in [-0.15, -0.1) is 0 Å². The molecular weight excluding hydrogens is 345 g/mol. The predicted octanol–water partition coefficient (Wildman–Crippen LogP) is 3.71. The number of H-pyrrole nitrogens is 1. The maximum Gasteiger partial charge on any atom is 0.253 e. The fraction of sp³-hybridized carbons (Fsp3) is 0.429. The normalized spacial score (nSPS) is 12.4. The molecule has 2 N–H and O–H groups in total. The zero-order valence-corrected chi connectivity index (χ0v) is 16.9. The summed E-state index contributed by atoms with van der Waals surface area (Å²) < 4.78 is 13.1. The monoisotopic (exact) mass is 375 g/mol. The Morgan fingerprint density at radius 3 is 2.44 bits per heavy atom. The van der Waals surface area contributed by atoms with Gasteiger partial charge in [0.1, 0.15) is 0 Å². The van der Waals surface area contributed by atoms with Crippen LogP contribution in [0.5, 0.6) is 0 Å². The fourth-order valence-electron chi connectivity index (χ4n) is 2.90. The van der Waals surface area contributed by atoms with E-state index in [2.05, 4.69) is 35.6 Å².